The van der Waals surface area contributed by atoms with Crippen molar-refractivity contribution >= 4 is 5.88 Å². The number of aliphatic hydroxyl groups is 1. The lowest BCUT2D eigenvalue weighted by atomic mass is 9.73. The van der Waals surface area contributed by atoms with Gasteiger partial charge in [-0.25, -0.2) is 4.98 Å². The quantitative estimate of drug-likeness (QED) is 0.931. The summed E-state index contributed by atoms with van der Waals surface area (Å²) >= 11 is 0. The molecule has 0 aliphatic heterocycles. The van der Waals surface area contributed by atoms with E-state index in [-0.39, 0.29) is 5.92 Å². The maximum atomic E-state index is 11.7. The van der Waals surface area contributed by atoms with Crippen LogP contribution in [0, 0.1) is 12.8 Å². The van der Waals surface area contributed by atoms with Gasteiger partial charge >= 0.3 is 0 Å². The third-order valence-corrected chi connectivity index (χ3v) is 4.91. The molecular formula is C19H26N2O2. The van der Waals surface area contributed by atoms with Crippen molar-refractivity contribution in [1.82, 2.24) is 4.98 Å². The minimum Gasteiger partial charge on any atom is -0.421 e. The molecule has 0 radical (unpaired) electrons. The highest BCUT2D eigenvalue weighted by atomic mass is 16.4. The molecular weight excluding hydrogens is 288 g/mol. The molecule has 1 atom stereocenters. The highest BCUT2D eigenvalue weighted by Gasteiger charge is 2.45. The molecule has 1 saturated carbocycles. The Labute approximate surface area is 138 Å². The van der Waals surface area contributed by atoms with Gasteiger partial charge in [0.1, 0.15) is 5.69 Å². The molecule has 23 heavy (non-hydrogen) atoms. The normalized spacial score (nSPS) is 18.6. The summed E-state index contributed by atoms with van der Waals surface area (Å²) in [6, 6.07) is 9.85. The van der Waals surface area contributed by atoms with Gasteiger partial charge in [0, 0.05) is 20.0 Å². The largest absolute Gasteiger partial charge is 0.421 e. The van der Waals surface area contributed by atoms with E-state index in [1.54, 1.807) is 0 Å². The van der Waals surface area contributed by atoms with E-state index < -0.39 is 5.60 Å². The second-order valence-electron chi connectivity index (χ2n) is 6.77. The first kappa shape index (κ1) is 16.1. The highest BCUT2D eigenvalue weighted by Crippen LogP contribution is 2.44. The summed E-state index contributed by atoms with van der Waals surface area (Å²) in [5, 5.41) is 11.7. The summed E-state index contributed by atoms with van der Waals surface area (Å²) < 4.78 is 6.01. The topological polar surface area (TPSA) is 49.5 Å². The molecule has 1 fully saturated rings. The van der Waals surface area contributed by atoms with Gasteiger partial charge in [0.05, 0.1) is 0 Å². The number of hydrogen-bond acceptors (Lipinski definition) is 4. The first-order chi connectivity index (χ1) is 11.0. The lowest BCUT2D eigenvalue weighted by molar-refractivity contribution is -0.0228. The van der Waals surface area contributed by atoms with Crippen molar-refractivity contribution in [2.45, 2.75) is 44.6 Å². The van der Waals surface area contributed by atoms with Crippen LogP contribution in [-0.2, 0) is 5.60 Å². The van der Waals surface area contributed by atoms with E-state index in [4.69, 9.17) is 4.42 Å². The van der Waals surface area contributed by atoms with Crippen molar-refractivity contribution in [3.63, 3.8) is 0 Å². The molecule has 4 heteroatoms. The van der Waals surface area contributed by atoms with Crippen LogP contribution in [0.4, 0.5) is 5.88 Å². The van der Waals surface area contributed by atoms with Crippen molar-refractivity contribution in [2.75, 3.05) is 19.0 Å². The molecule has 1 aliphatic carbocycles. The van der Waals surface area contributed by atoms with E-state index in [0.29, 0.717) is 11.8 Å². The standard InChI is InChI=1S/C19H26N2O2/c1-14-17(21(2)3)23-18(20-14)19(22,15-10-6-4-7-11-15)16-12-8-5-9-13-16/h4,6-7,10-11,16,22H,5,8-9,12-13H2,1-3H3/t19-/m0/s1. The Bertz CT molecular complexity index is 645. The van der Waals surface area contributed by atoms with Gasteiger partial charge in [-0.3, -0.25) is 0 Å². The molecule has 0 spiro atoms. The Morgan fingerprint density at radius 2 is 1.78 bits per heavy atom. The first-order valence-corrected chi connectivity index (χ1v) is 8.46. The minimum atomic E-state index is -1.15. The second-order valence-corrected chi connectivity index (χ2v) is 6.77. The SMILES string of the molecule is Cc1nc([C@](O)(c2ccccc2)C2CCCCC2)oc1N(C)C. The average molecular weight is 314 g/mol. The zero-order valence-corrected chi connectivity index (χ0v) is 14.2. The summed E-state index contributed by atoms with van der Waals surface area (Å²) in [7, 11) is 3.86. The van der Waals surface area contributed by atoms with Crippen LogP contribution in [0.1, 0.15) is 49.3 Å². The predicted octanol–water partition coefficient (Wildman–Crippen LogP) is 3.87. The Hall–Kier alpha value is -1.81. The Morgan fingerprint density at radius 3 is 2.35 bits per heavy atom. The van der Waals surface area contributed by atoms with Crippen LogP contribution in [0.2, 0.25) is 0 Å². The van der Waals surface area contributed by atoms with E-state index in [9.17, 15) is 5.11 Å². The second kappa shape index (κ2) is 6.36. The monoisotopic (exact) mass is 314 g/mol. The fourth-order valence-electron chi connectivity index (χ4n) is 3.71. The molecule has 1 aromatic carbocycles. The Kier molecular flexibility index (Phi) is 4.44. The summed E-state index contributed by atoms with van der Waals surface area (Å²) in [6.45, 7) is 1.93. The van der Waals surface area contributed by atoms with E-state index in [0.717, 1.165) is 36.9 Å². The van der Waals surface area contributed by atoms with Crippen LogP contribution in [0.25, 0.3) is 0 Å². The summed E-state index contributed by atoms with van der Waals surface area (Å²) in [6.07, 6.45) is 5.56. The van der Waals surface area contributed by atoms with Crippen LogP contribution < -0.4 is 4.90 Å². The number of aromatic nitrogens is 1. The molecule has 3 rings (SSSR count). The van der Waals surface area contributed by atoms with Crippen LogP contribution >= 0.6 is 0 Å². The van der Waals surface area contributed by atoms with Gasteiger partial charge in [-0.05, 0) is 25.3 Å². The molecule has 1 aromatic heterocycles. The highest BCUT2D eigenvalue weighted by molar-refractivity contribution is 5.41. The Balaban J connectivity index is 2.10. The van der Waals surface area contributed by atoms with Crippen LogP contribution in [0.3, 0.4) is 0 Å². The predicted molar refractivity (Wildman–Crippen MR) is 91.6 cm³/mol. The molecule has 0 amide bonds. The van der Waals surface area contributed by atoms with Gasteiger partial charge in [0.25, 0.3) is 0 Å². The van der Waals surface area contributed by atoms with Crippen LogP contribution in [0.5, 0.6) is 0 Å². The molecule has 2 aromatic rings. The molecule has 0 unspecified atom stereocenters. The van der Waals surface area contributed by atoms with Gasteiger partial charge in [-0.1, -0.05) is 49.6 Å². The van der Waals surface area contributed by atoms with Crippen molar-refractivity contribution < 1.29 is 9.52 Å². The number of hydrogen-bond donors (Lipinski definition) is 1. The van der Waals surface area contributed by atoms with Gasteiger partial charge in [-0.2, -0.15) is 0 Å². The molecule has 124 valence electrons. The lowest BCUT2D eigenvalue weighted by Crippen LogP contribution is -2.38. The Morgan fingerprint density at radius 1 is 1.13 bits per heavy atom. The molecule has 0 bridgehead atoms. The van der Waals surface area contributed by atoms with Crippen molar-refractivity contribution in [3.8, 4) is 0 Å². The summed E-state index contributed by atoms with van der Waals surface area (Å²) in [5.41, 5.74) is 0.536. The van der Waals surface area contributed by atoms with Crippen LogP contribution in [-0.4, -0.2) is 24.2 Å². The number of anilines is 1. The van der Waals surface area contributed by atoms with Crippen molar-refractivity contribution in [1.29, 1.82) is 0 Å². The summed E-state index contributed by atoms with van der Waals surface area (Å²) in [5.74, 6) is 1.29. The maximum Gasteiger partial charge on any atom is 0.234 e. The van der Waals surface area contributed by atoms with E-state index in [1.807, 2.05) is 56.3 Å². The maximum absolute atomic E-state index is 11.7. The molecule has 4 nitrogen and oxygen atoms in total. The number of benzene rings is 1. The number of nitrogens with zero attached hydrogens (tertiary/aromatic N) is 2. The van der Waals surface area contributed by atoms with Gasteiger partial charge < -0.3 is 14.4 Å². The zero-order chi connectivity index (χ0) is 16.4. The fourth-order valence-corrected chi connectivity index (χ4v) is 3.71. The van der Waals surface area contributed by atoms with Gasteiger partial charge in [-0.15, -0.1) is 0 Å². The third kappa shape index (κ3) is 2.88. The number of oxazole rings is 1. The lowest BCUT2D eigenvalue weighted by Gasteiger charge is -2.36. The first-order valence-electron chi connectivity index (χ1n) is 8.46. The third-order valence-electron chi connectivity index (χ3n) is 4.91. The smallest absolute Gasteiger partial charge is 0.234 e. The zero-order valence-electron chi connectivity index (χ0n) is 14.2. The van der Waals surface area contributed by atoms with E-state index in [1.165, 1.54) is 6.42 Å². The number of rotatable bonds is 4. The van der Waals surface area contributed by atoms with Gasteiger partial charge in [0.2, 0.25) is 11.8 Å². The molecule has 1 N–H and O–H groups in total. The molecule has 1 aliphatic rings. The average Bonchev–Trinajstić information content (AvgIpc) is 2.98. The van der Waals surface area contributed by atoms with Gasteiger partial charge in [0.15, 0.2) is 5.60 Å². The number of aryl methyl sites for hydroxylation is 1. The van der Waals surface area contributed by atoms with E-state index in [2.05, 4.69) is 4.98 Å². The van der Waals surface area contributed by atoms with E-state index >= 15 is 0 Å². The summed E-state index contributed by atoms with van der Waals surface area (Å²) in [4.78, 5) is 6.50. The fraction of sp³-hybridized carbons (Fsp3) is 0.526. The molecule has 1 heterocycles. The van der Waals surface area contributed by atoms with Crippen molar-refractivity contribution in [3.05, 3.63) is 47.5 Å². The molecule has 0 saturated heterocycles. The van der Waals surface area contributed by atoms with Crippen molar-refractivity contribution in [2.24, 2.45) is 5.92 Å². The van der Waals surface area contributed by atoms with Crippen LogP contribution in [0.15, 0.2) is 34.7 Å². The minimum absolute atomic E-state index is 0.145.